The highest BCUT2D eigenvalue weighted by molar-refractivity contribution is 7.99. The van der Waals surface area contributed by atoms with Crippen molar-refractivity contribution in [2.75, 3.05) is 11.1 Å². The second-order valence-electron chi connectivity index (χ2n) is 7.98. The van der Waals surface area contributed by atoms with E-state index in [2.05, 4.69) is 36.7 Å². The molecule has 7 nitrogen and oxygen atoms in total. The maximum absolute atomic E-state index is 12.7. The zero-order valence-electron chi connectivity index (χ0n) is 19.3. The van der Waals surface area contributed by atoms with Gasteiger partial charge >= 0.3 is 6.61 Å². The first-order valence-corrected chi connectivity index (χ1v) is 12.5. The summed E-state index contributed by atoms with van der Waals surface area (Å²) in [4.78, 5) is 15.9. The molecule has 0 radical (unpaired) electrons. The number of nitrogens with one attached hydrogen (secondary N) is 2. The summed E-state index contributed by atoms with van der Waals surface area (Å²) in [5, 5.41) is 13.2. The van der Waals surface area contributed by atoms with Crippen LogP contribution in [-0.2, 0) is 11.3 Å². The number of unbranched alkanes of at least 4 members (excludes halogenated alkanes) is 3. The van der Waals surface area contributed by atoms with E-state index < -0.39 is 6.61 Å². The van der Waals surface area contributed by atoms with E-state index >= 15 is 0 Å². The van der Waals surface area contributed by atoms with Crippen LogP contribution in [-0.4, -0.2) is 38.0 Å². The Morgan fingerprint density at radius 2 is 1.91 bits per heavy atom. The Morgan fingerprint density at radius 3 is 2.74 bits per heavy atom. The minimum absolute atomic E-state index is 0.0456. The molecule has 35 heavy (non-hydrogen) atoms. The van der Waals surface area contributed by atoms with Gasteiger partial charge in [0.25, 0.3) is 0 Å². The molecule has 0 unspecified atom stereocenters. The molecule has 0 fully saturated rings. The zero-order valence-corrected chi connectivity index (χ0v) is 20.2. The molecule has 0 aliphatic carbocycles. The van der Waals surface area contributed by atoms with Gasteiger partial charge in [-0.05, 0) is 24.6 Å². The molecule has 0 aliphatic heterocycles. The first-order valence-electron chi connectivity index (χ1n) is 11.5. The highest BCUT2D eigenvalue weighted by atomic mass is 32.2. The summed E-state index contributed by atoms with van der Waals surface area (Å²) in [7, 11) is 0. The number of aromatic nitrogens is 4. The van der Waals surface area contributed by atoms with Gasteiger partial charge in [-0.15, -0.1) is 10.2 Å². The van der Waals surface area contributed by atoms with Crippen molar-refractivity contribution in [3.63, 3.8) is 0 Å². The first-order chi connectivity index (χ1) is 17.1. The highest BCUT2D eigenvalue weighted by Gasteiger charge is 2.19. The quantitative estimate of drug-likeness (QED) is 0.176. The number of carbonyl (C=O) groups is 1. The van der Waals surface area contributed by atoms with Gasteiger partial charge in [-0.3, -0.25) is 4.79 Å². The number of aromatic amines is 1. The van der Waals surface area contributed by atoms with E-state index in [-0.39, 0.29) is 23.1 Å². The average Bonchev–Trinajstić information content (AvgIpc) is 3.45. The van der Waals surface area contributed by atoms with Gasteiger partial charge in [0, 0.05) is 29.2 Å². The number of hydrogen-bond donors (Lipinski definition) is 2. The van der Waals surface area contributed by atoms with E-state index in [1.54, 1.807) is 12.1 Å². The van der Waals surface area contributed by atoms with E-state index in [0.717, 1.165) is 54.5 Å². The summed E-state index contributed by atoms with van der Waals surface area (Å²) in [5.41, 5.74) is 2.16. The van der Waals surface area contributed by atoms with Crippen molar-refractivity contribution >= 4 is 34.3 Å². The lowest BCUT2D eigenvalue weighted by atomic mass is 10.1. The van der Waals surface area contributed by atoms with Gasteiger partial charge in [-0.2, -0.15) is 8.78 Å². The van der Waals surface area contributed by atoms with Crippen LogP contribution < -0.4 is 10.1 Å². The molecule has 2 heterocycles. The Hall–Kier alpha value is -3.40. The monoisotopic (exact) mass is 499 g/mol. The lowest BCUT2D eigenvalue weighted by Crippen LogP contribution is -2.16. The fraction of sp³-hybridized carbons (Fsp3) is 0.320. The van der Waals surface area contributed by atoms with E-state index in [4.69, 9.17) is 0 Å². The predicted molar refractivity (Wildman–Crippen MR) is 134 cm³/mol. The third-order valence-corrected chi connectivity index (χ3v) is 6.46. The van der Waals surface area contributed by atoms with Gasteiger partial charge in [-0.25, -0.2) is 0 Å². The van der Waals surface area contributed by atoms with Gasteiger partial charge in [0.05, 0.1) is 11.4 Å². The number of hydrogen-bond acceptors (Lipinski definition) is 5. The molecule has 4 rings (SSSR count). The Labute approximate surface area is 206 Å². The minimum atomic E-state index is -2.98. The number of benzene rings is 2. The molecule has 0 spiro atoms. The number of anilines is 1. The summed E-state index contributed by atoms with van der Waals surface area (Å²) >= 11 is 1.26. The van der Waals surface area contributed by atoms with E-state index in [1.165, 1.54) is 23.9 Å². The number of ether oxygens (including phenoxy) is 1. The minimum Gasteiger partial charge on any atom is -0.433 e. The van der Waals surface area contributed by atoms with Gasteiger partial charge < -0.3 is 19.6 Å². The largest absolute Gasteiger partial charge is 0.433 e. The maximum atomic E-state index is 12.7. The molecule has 0 bridgehead atoms. The molecular weight excluding hydrogens is 472 g/mol. The maximum Gasteiger partial charge on any atom is 0.387 e. The van der Waals surface area contributed by atoms with Gasteiger partial charge in [-0.1, -0.05) is 68.3 Å². The van der Waals surface area contributed by atoms with Gasteiger partial charge in [0.1, 0.15) is 5.75 Å². The third-order valence-electron chi connectivity index (χ3n) is 5.49. The summed E-state index contributed by atoms with van der Waals surface area (Å²) in [6.45, 7) is -0.0752. The summed E-state index contributed by atoms with van der Waals surface area (Å²) in [5.74, 6) is 0.359. The van der Waals surface area contributed by atoms with Crippen molar-refractivity contribution < 1.29 is 18.3 Å². The molecule has 2 aromatic carbocycles. The van der Waals surface area contributed by atoms with Crippen LogP contribution in [0.5, 0.6) is 5.75 Å². The fourth-order valence-corrected chi connectivity index (χ4v) is 4.60. The van der Waals surface area contributed by atoms with Crippen LogP contribution in [0.15, 0.2) is 59.9 Å². The van der Waals surface area contributed by atoms with Crippen molar-refractivity contribution in [1.82, 2.24) is 19.7 Å². The average molecular weight is 500 g/mol. The van der Waals surface area contributed by atoms with Crippen molar-refractivity contribution in [2.45, 2.75) is 50.9 Å². The molecule has 0 saturated carbocycles. The van der Waals surface area contributed by atoms with Crippen molar-refractivity contribution in [2.24, 2.45) is 0 Å². The molecule has 10 heteroatoms. The van der Waals surface area contributed by atoms with Crippen LogP contribution in [0.3, 0.4) is 0 Å². The molecule has 2 N–H and O–H groups in total. The van der Waals surface area contributed by atoms with Gasteiger partial charge in [0.15, 0.2) is 11.0 Å². The summed E-state index contributed by atoms with van der Waals surface area (Å²) < 4.78 is 31.9. The molecule has 1 amide bonds. The summed E-state index contributed by atoms with van der Waals surface area (Å²) in [6, 6.07) is 14.1. The number of fused-ring (bicyclic) bond motifs is 1. The lowest BCUT2D eigenvalue weighted by Gasteiger charge is -2.12. The molecule has 0 atom stereocenters. The number of halogens is 2. The standard InChI is InChI=1S/C25H27F2N5O2S/c1-2-3-4-9-14-32-23(18-15-28-19-11-6-5-10-17(18)19)30-31-25(32)35-16-22(33)29-20-12-7-8-13-21(20)34-24(26)27/h5-8,10-13,15,24,28H,2-4,9,14,16H2,1H3,(H,29,33). The number of nitrogens with zero attached hydrogens (tertiary/aromatic N) is 3. The smallest absolute Gasteiger partial charge is 0.387 e. The van der Waals surface area contributed by atoms with Crippen LogP contribution in [0.4, 0.5) is 14.5 Å². The molecular formula is C25H27F2N5O2S. The summed E-state index contributed by atoms with van der Waals surface area (Å²) in [6.07, 6.45) is 6.27. The highest BCUT2D eigenvalue weighted by Crippen LogP contribution is 2.31. The van der Waals surface area contributed by atoms with Crippen LogP contribution in [0, 0.1) is 0 Å². The lowest BCUT2D eigenvalue weighted by molar-refractivity contribution is -0.113. The second-order valence-corrected chi connectivity index (χ2v) is 8.92. The van der Waals surface area contributed by atoms with Crippen molar-refractivity contribution in [3.8, 4) is 17.1 Å². The second kappa shape index (κ2) is 11.8. The molecule has 2 aromatic heterocycles. The zero-order chi connectivity index (χ0) is 24.6. The number of amides is 1. The van der Waals surface area contributed by atoms with E-state index in [1.807, 2.05) is 30.5 Å². The van der Waals surface area contributed by atoms with Gasteiger partial charge in [0.2, 0.25) is 5.91 Å². The number of rotatable bonds is 12. The number of para-hydroxylation sites is 3. The van der Waals surface area contributed by atoms with Crippen LogP contribution in [0.1, 0.15) is 32.6 Å². The molecule has 0 aliphatic rings. The van der Waals surface area contributed by atoms with Crippen molar-refractivity contribution in [1.29, 1.82) is 0 Å². The van der Waals surface area contributed by atoms with Crippen molar-refractivity contribution in [3.05, 3.63) is 54.7 Å². The normalized spacial score (nSPS) is 11.3. The Balaban J connectivity index is 1.51. The first kappa shape index (κ1) is 24.7. The SMILES string of the molecule is CCCCCCn1c(SCC(=O)Nc2ccccc2OC(F)F)nnc1-c1c[nH]c2ccccc12. The van der Waals surface area contributed by atoms with Crippen LogP contribution in [0.25, 0.3) is 22.3 Å². The van der Waals surface area contributed by atoms with Crippen LogP contribution in [0.2, 0.25) is 0 Å². The predicted octanol–water partition coefficient (Wildman–Crippen LogP) is 6.34. The Morgan fingerprint density at radius 1 is 1.11 bits per heavy atom. The topological polar surface area (TPSA) is 84.8 Å². The third kappa shape index (κ3) is 6.19. The Kier molecular flexibility index (Phi) is 8.36. The number of thioether (sulfide) groups is 1. The number of H-pyrrole nitrogens is 1. The molecule has 4 aromatic rings. The Bertz CT molecular complexity index is 1270. The van der Waals surface area contributed by atoms with E-state index in [9.17, 15) is 13.6 Å². The molecule has 184 valence electrons. The molecule has 0 saturated heterocycles. The number of alkyl halides is 2. The fourth-order valence-electron chi connectivity index (χ4n) is 3.83. The number of carbonyl (C=O) groups excluding carboxylic acids is 1. The van der Waals surface area contributed by atoms with E-state index in [0.29, 0.717) is 5.16 Å². The van der Waals surface area contributed by atoms with Crippen LogP contribution >= 0.6 is 11.8 Å².